The Morgan fingerprint density at radius 3 is 2.34 bits per heavy atom. The highest BCUT2D eigenvalue weighted by atomic mass is 16.5. The van der Waals surface area contributed by atoms with E-state index in [2.05, 4.69) is 5.32 Å². The maximum atomic E-state index is 13.1. The molecule has 1 N–H and O–H groups in total. The van der Waals surface area contributed by atoms with E-state index < -0.39 is 6.04 Å². The van der Waals surface area contributed by atoms with Crippen LogP contribution in [0.4, 0.5) is 0 Å². The highest BCUT2D eigenvalue weighted by Gasteiger charge is 2.30. The molecule has 0 saturated carbocycles. The molecule has 29 heavy (non-hydrogen) atoms. The smallest absolute Gasteiger partial charge is 0.261 e. The predicted octanol–water partition coefficient (Wildman–Crippen LogP) is 4.10. The zero-order valence-corrected chi connectivity index (χ0v) is 18.1. The number of nitrogens with one attached hydrogen (secondary N) is 1. The topological polar surface area (TPSA) is 58.6 Å². The van der Waals surface area contributed by atoms with Gasteiger partial charge in [0.2, 0.25) is 5.91 Å². The molecule has 0 aliphatic heterocycles. The number of carbonyl (C=O) groups is 2. The molecule has 5 heteroatoms. The van der Waals surface area contributed by atoms with Crippen LogP contribution in [-0.4, -0.2) is 34.9 Å². The van der Waals surface area contributed by atoms with Crippen molar-refractivity contribution >= 4 is 11.8 Å². The molecule has 2 amide bonds. The first-order valence-electron chi connectivity index (χ1n) is 10.0. The third-order valence-electron chi connectivity index (χ3n) is 4.43. The molecule has 0 bridgehead atoms. The van der Waals surface area contributed by atoms with E-state index >= 15 is 0 Å². The van der Waals surface area contributed by atoms with Gasteiger partial charge in [0.25, 0.3) is 5.91 Å². The Bertz CT molecular complexity index is 812. The second-order valence-corrected chi connectivity index (χ2v) is 8.28. The van der Waals surface area contributed by atoms with Crippen molar-refractivity contribution in [1.82, 2.24) is 10.2 Å². The van der Waals surface area contributed by atoms with Gasteiger partial charge in [-0.1, -0.05) is 49.4 Å². The first-order chi connectivity index (χ1) is 13.7. The lowest BCUT2D eigenvalue weighted by molar-refractivity contribution is -0.143. The highest BCUT2D eigenvalue weighted by Crippen LogP contribution is 2.16. The molecule has 0 unspecified atom stereocenters. The number of ether oxygens (including phenoxy) is 1. The van der Waals surface area contributed by atoms with Crippen molar-refractivity contribution in [2.45, 2.75) is 59.2 Å². The fourth-order valence-electron chi connectivity index (χ4n) is 3.09. The number of hydrogen-bond donors (Lipinski definition) is 1. The maximum Gasteiger partial charge on any atom is 0.261 e. The lowest BCUT2D eigenvalue weighted by atomic mass is 10.1. The molecular formula is C24H32N2O3. The fraction of sp³-hybridized carbons (Fsp3) is 0.417. The Hall–Kier alpha value is -2.82. The summed E-state index contributed by atoms with van der Waals surface area (Å²) >= 11 is 0. The van der Waals surface area contributed by atoms with Gasteiger partial charge in [-0.3, -0.25) is 9.59 Å². The zero-order chi connectivity index (χ0) is 21.4. The minimum Gasteiger partial charge on any atom is -0.484 e. The molecule has 0 heterocycles. The van der Waals surface area contributed by atoms with Crippen molar-refractivity contribution in [2.24, 2.45) is 0 Å². The summed E-state index contributed by atoms with van der Waals surface area (Å²) in [6, 6.07) is 16.7. The largest absolute Gasteiger partial charge is 0.484 e. The number of benzene rings is 2. The Morgan fingerprint density at radius 1 is 1.07 bits per heavy atom. The van der Waals surface area contributed by atoms with Gasteiger partial charge >= 0.3 is 0 Å². The molecule has 0 aliphatic carbocycles. The van der Waals surface area contributed by atoms with Crippen molar-refractivity contribution in [2.75, 3.05) is 6.61 Å². The molecule has 0 spiro atoms. The first kappa shape index (κ1) is 22.5. The third kappa shape index (κ3) is 7.26. The van der Waals surface area contributed by atoms with Crippen molar-refractivity contribution < 1.29 is 14.3 Å². The second kappa shape index (κ2) is 10.1. The predicted molar refractivity (Wildman–Crippen MR) is 116 cm³/mol. The van der Waals surface area contributed by atoms with Crippen molar-refractivity contribution in [3.8, 4) is 5.75 Å². The van der Waals surface area contributed by atoms with Gasteiger partial charge in [-0.15, -0.1) is 0 Å². The summed E-state index contributed by atoms with van der Waals surface area (Å²) in [5, 5.41) is 3.00. The summed E-state index contributed by atoms with van der Waals surface area (Å²) in [5.74, 6) is 0.274. The van der Waals surface area contributed by atoms with Crippen LogP contribution in [0.15, 0.2) is 54.6 Å². The fourth-order valence-corrected chi connectivity index (χ4v) is 3.09. The Labute approximate surface area is 174 Å². The molecule has 0 aliphatic rings. The van der Waals surface area contributed by atoms with Crippen LogP contribution in [0, 0.1) is 6.92 Å². The van der Waals surface area contributed by atoms with E-state index in [4.69, 9.17) is 4.74 Å². The van der Waals surface area contributed by atoms with Crippen LogP contribution in [0.3, 0.4) is 0 Å². The average Bonchev–Trinajstić information content (AvgIpc) is 2.65. The van der Waals surface area contributed by atoms with Crippen LogP contribution in [-0.2, 0) is 16.1 Å². The number of aryl methyl sites for hydroxylation is 1. The highest BCUT2D eigenvalue weighted by molar-refractivity contribution is 5.88. The van der Waals surface area contributed by atoms with Gasteiger partial charge in [0.15, 0.2) is 6.61 Å². The first-order valence-corrected chi connectivity index (χ1v) is 10.0. The van der Waals surface area contributed by atoms with Crippen LogP contribution in [0.25, 0.3) is 0 Å². The van der Waals surface area contributed by atoms with E-state index in [0.717, 1.165) is 11.1 Å². The van der Waals surface area contributed by atoms with Gasteiger partial charge in [-0.25, -0.2) is 0 Å². The zero-order valence-electron chi connectivity index (χ0n) is 18.1. The molecular weight excluding hydrogens is 364 g/mol. The van der Waals surface area contributed by atoms with Gasteiger partial charge < -0.3 is 15.0 Å². The van der Waals surface area contributed by atoms with Crippen molar-refractivity contribution in [3.05, 3.63) is 65.7 Å². The summed E-state index contributed by atoms with van der Waals surface area (Å²) in [6.07, 6.45) is 0.519. The summed E-state index contributed by atoms with van der Waals surface area (Å²) < 4.78 is 5.72. The summed E-state index contributed by atoms with van der Waals surface area (Å²) in [4.78, 5) is 27.6. The van der Waals surface area contributed by atoms with Gasteiger partial charge in [0.1, 0.15) is 11.8 Å². The van der Waals surface area contributed by atoms with Gasteiger partial charge in [0, 0.05) is 12.1 Å². The van der Waals surface area contributed by atoms with Crippen LogP contribution in [0.1, 0.15) is 45.2 Å². The van der Waals surface area contributed by atoms with E-state index in [-0.39, 0.29) is 24.0 Å². The van der Waals surface area contributed by atoms with E-state index in [9.17, 15) is 9.59 Å². The second-order valence-electron chi connectivity index (χ2n) is 8.28. The molecule has 2 aromatic carbocycles. The van der Waals surface area contributed by atoms with Crippen LogP contribution in [0.5, 0.6) is 5.75 Å². The average molecular weight is 397 g/mol. The Kier molecular flexibility index (Phi) is 7.82. The molecule has 1 atom stereocenters. The van der Waals surface area contributed by atoms with Crippen LogP contribution < -0.4 is 10.1 Å². The van der Waals surface area contributed by atoms with Gasteiger partial charge in [0.05, 0.1) is 0 Å². The normalized spacial score (nSPS) is 12.2. The minimum absolute atomic E-state index is 0.115. The number of rotatable bonds is 8. The number of carbonyl (C=O) groups excluding carboxylic acids is 2. The summed E-state index contributed by atoms with van der Waals surface area (Å²) in [6.45, 7) is 9.92. The monoisotopic (exact) mass is 396 g/mol. The Morgan fingerprint density at radius 2 is 1.76 bits per heavy atom. The molecule has 0 radical (unpaired) electrons. The van der Waals surface area contributed by atoms with E-state index in [1.165, 1.54) is 0 Å². The maximum absolute atomic E-state index is 13.1. The standard InChI is InChI=1S/C24H32N2O3/c1-6-21(23(28)25-24(3,4)5)26(16-19-12-8-7-9-13-19)22(27)17-29-20-14-10-11-18(2)15-20/h7-15,21H,6,16-17H2,1-5H3,(H,25,28)/t21-/m0/s1. The van der Waals surface area contributed by atoms with Crippen molar-refractivity contribution in [1.29, 1.82) is 0 Å². The Balaban J connectivity index is 2.20. The number of nitrogens with zero attached hydrogens (tertiary/aromatic N) is 1. The number of amides is 2. The number of hydrogen-bond acceptors (Lipinski definition) is 3. The summed E-state index contributed by atoms with van der Waals surface area (Å²) in [5.41, 5.74) is 1.66. The quantitative estimate of drug-likeness (QED) is 0.731. The molecule has 156 valence electrons. The van der Waals surface area contributed by atoms with Gasteiger partial charge in [-0.05, 0) is 57.4 Å². The van der Waals surface area contributed by atoms with E-state index in [0.29, 0.717) is 18.7 Å². The molecule has 2 rings (SSSR count). The third-order valence-corrected chi connectivity index (χ3v) is 4.43. The summed E-state index contributed by atoms with van der Waals surface area (Å²) in [7, 11) is 0. The molecule has 0 aromatic heterocycles. The van der Waals surface area contributed by atoms with Crippen LogP contribution >= 0.6 is 0 Å². The molecule has 0 fully saturated rings. The van der Waals surface area contributed by atoms with Crippen LogP contribution in [0.2, 0.25) is 0 Å². The van der Waals surface area contributed by atoms with Gasteiger partial charge in [-0.2, -0.15) is 0 Å². The van der Waals surface area contributed by atoms with E-state index in [1.54, 1.807) is 4.90 Å². The molecule has 0 saturated heterocycles. The molecule has 5 nitrogen and oxygen atoms in total. The van der Waals surface area contributed by atoms with E-state index in [1.807, 2.05) is 89.2 Å². The lowest BCUT2D eigenvalue weighted by Crippen LogP contribution is -2.54. The SMILES string of the molecule is CC[C@@H](C(=O)NC(C)(C)C)N(Cc1ccccc1)C(=O)COc1cccc(C)c1. The lowest BCUT2D eigenvalue weighted by Gasteiger charge is -2.33. The molecule has 2 aromatic rings. The van der Waals surface area contributed by atoms with Crippen molar-refractivity contribution in [3.63, 3.8) is 0 Å². The minimum atomic E-state index is -0.567.